The van der Waals surface area contributed by atoms with Gasteiger partial charge in [0.05, 0.1) is 12.0 Å². The molecule has 0 aliphatic carbocycles. The topological polar surface area (TPSA) is 83.1 Å². The van der Waals surface area contributed by atoms with Gasteiger partial charge >= 0.3 is 0 Å². The van der Waals surface area contributed by atoms with Crippen molar-refractivity contribution in [3.63, 3.8) is 0 Å². The van der Waals surface area contributed by atoms with Crippen LogP contribution in [0.3, 0.4) is 0 Å². The molecule has 8 heteroatoms. The predicted octanol–water partition coefficient (Wildman–Crippen LogP) is 3.74. The molecule has 1 amide bonds. The van der Waals surface area contributed by atoms with Crippen LogP contribution in [0, 0.1) is 0 Å². The molecule has 0 bridgehead atoms. The van der Waals surface area contributed by atoms with Crippen molar-refractivity contribution in [1.29, 1.82) is 0 Å². The highest BCUT2D eigenvalue weighted by atomic mass is 35.5. The summed E-state index contributed by atoms with van der Waals surface area (Å²) < 4.78 is 16.5. The van der Waals surface area contributed by atoms with E-state index in [1.165, 1.54) is 0 Å². The number of carbonyl (C=O) groups excluding carboxylic acids is 1. The predicted molar refractivity (Wildman–Crippen MR) is 108 cm³/mol. The molecule has 0 unspecified atom stereocenters. The summed E-state index contributed by atoms with van der Waals surface area (Å²) in [5, 5.41) is 0.761. The Morgan fingerprint density at radius 3 is 2.48 bits per heavy atom. The molecule has 0 atom stereocenters. The molecule has 0 radical (unpaired) electrons. The summed E-state index contributed by atoms with van der Waals surface area (Å²) in [6.45, 7) is 0.679. The standard InChI is InChI=1S/C19H17ClN2O4S/c1-24-14-3-5-15(6-4-14)25-8-9-26-16-7-2-13(20)10-12(16)11-17-18(23)22-19(21)27-17/h2-7,10-11H,8-9H2,1H3,(H2,21,22,23)/b17-11+. The van der Waals surface area contributed by atoms with Crippen LogP contribution in [-0.2, 0) is 4.79 Å². The van der Waals surface area contributed by atoms with Gasteiger partial charge in [0.15, 0.2) is 5.17 Å². The van der Waals surface area contributed by atoms with Crippen molar-refractivity contribution < 1.29 is 19.0 Å². The molecule has 0 spiro atoms. The number of carbonyl (C=O) groups is 1. The molecule has 27 heavy (non-hydrogen) atoms. The van der Waals surface area contributed by atoms with Crippen LogP contribution in [0.25, 0.3) is 6.08 Å². The third-order valence-corrected chi connectivity index (χ3v) is 4.61. The monoisotopic (exact) mass is 404 g/mol. The first-order valence-electron chi connectivity index (χ1n) is 8.02. The van der Waals surface area contributed by atoms with E-state index in [4.69, 9.17) is 31.5 Å². The zero-order valence-corrected chi connectivity index (χ0v) is 16.0. The number of nitrogens with two attached hydrogens (primary N) is 1. The second-order valence-electron chi connectivity index (χ2n) is 5.42. The number of hydrogen-bond acceptors (Lipinski definition) is 6. The van der Waals surface area contributed by atoms with E-state index in [2.05, 4.69) is 4.99 Å². The lowest BCUT2D eigenvalue weighted by Gasteiger charge is -2.11. The summed E-state index contributed by atoms with van der Waals surface area (Å²) in [6.07, 6.45) is 1.67. The summed E-state index contributed by atoms with van der Waals surface area (Å²) in [6, 6.07) is 12.5. The average Bonchev–Trinajstić information content (AvgIpc) is 2.97. The zero-order chi connectivity index (χ0) is 19.2. The first-order chi connectivity index (χ1) is 13.0. The fraction of sp³-hybridized carbons (Fsp3) is 0.158. The number of hydrogen-bond donors (Lipinski definition) is 1. The number of ether oxygens (including phenoxy) is 3. The minimum atomic E-state index is -0.369. The van der Waals surface area contributed by atoms with Crippen LogP contribution in [0.15, 0.2) is 52.4 Å². The number of benzene rings is 2. The molecule has 2 N–H and O–H groups in total. The molecule has 6 nitrogen and oxygen atoms in total. The smallest absolute Gasteiger partial charge is 0.286 e. The third kappa shape index (κ3) is 5.18. The van der Waals surface area contributed by atoms with Gasteiger partial charge in [0.1, 0.15) is 30.5 Å². The largest absolute Gasteiger partial charge is 0.497 e. The van der Waals surface area contributed by atoms with E-state index in [1.807, 2.05) is 24.3 Å². The maximum atomic E-state index is 11.8. The Morgan fingerprint density at radius 1 is 1.11 bits per heavy atom. The maximum Gasteiger partial charge on any atom is 0.286 e. The highest BCUT2D eigenvalue weighted by molar-refractivity contribution is 8.18. The molecule has 2 aromatic rings. The summed E-state index contributed by atoms with van der Waals surface area (Å²) >= 11 is 7.19. The van der Waals surface area contributed by atoms with Crippen molar-refractivity contribution in [2.24, 2.45) is 10.7 Å². The zero-order valence-electron chi connectivity index (χ0n) is 14.5. The Morgan fingerprint density at radius 2 is 1.81 bits per heavy atom. The van der Waals surface area contributed by atoms with Crippen molar-refractivity contribution in [2.45, 2.75) is 0 Å². The maximum absolute atomic E-state index is 11.8. The van der Waals surface area contributed by atoms with Gasteiger partial charge in [-0.15, -0.1) is 0 Å². The van der Waals surface area contributed by atoms with Gasteiger partial charge < -0.3 is 19.9 Å². The third-order valence-electron chi connectivity index (χ3n) is 3.56. The van der Waals surface area contributed by atoms with E-state index in [-0.39, 0.29) is 11.1 Å². The molecule has 2 aromatic carbocycles. The molecule has 0 saturated heterocycles. The number of rotatable bonds is 7. The number of thioether (sulfide) groups is 1. The fourth-order valence-corrected chi connectivity index (χ4v) is 3.17. The minimum absolute atomic E-state index is 0.226. The van der Waals surface area contributed by atoms with Crippen molar-refractivity contribution >= 4 is 40.5 Å². The molecule has 0 aromatic heterocycles. The van der Waals surface area contributed by atoms with Crippen LogP contribution in [0.2, 0.25) is 5.02 Å². The first kappa shape index (κ1) is 19.1. The lowest BCUT2D eigenvalue weighted by molar-refractivity contribution is -0.113. The van der Waals surface area contributed by atoms with Crippen molar-refractivity contribution in [3.05, 3.63) is 58.0 Å². The molecule has 140 valence electrons. The van der Waals surface area contributed by atoms with Crippen LogP contribution in [0.4, 0.5) is 0 Å². The van der Waals surface area contributed by atoms with Gasteiger partial charge in [-0.1, -0.05) is 11.6 Å². The summed E-state index contributed by atoms with van der Waals surface area (Å²) in [7, 11) is 1.61. The Bertz CT molecular complexity index is 897. The van der Waals surface area contributed by atoms with E-state index >= 15 is 0 Å². The molecule has 3 rings (SSSR count). The SMILES string of the molecule is COc1ccc(OCCOc2ccc(Cl)cc2/C=C2/SC(N)=NC2=O)cc1. The second kappa shape index (κ2) is 8.83. The first-order valence-corrected chi connectivity index (χ1v) is 9.22. The quantitative estimate of drug-likeness (QED) is 0.559. The number of amidine groups is 1. The lowest BCUT2D eigenvalue weighted by atomic mass is 10.2. The van der Waals surface area contributed by atoms with Gasteiger partial charge in [0.25, 0.3) is 5.91 Å². The van der Waals surface area contributed by atoms with Gasteiger partial charge in [-0.05, 0) is 60.3 Å². The Hall–Kier alpha value is -2.64. The molecule has 0 saturated carbocycles. The number of halogens is 1. The molecule has 0 fully saturated rings. The van der Waals surface area contributed by atoms with Crippen molar-refractivity contribution in [3.8, 4) is 17.2 Å². The molecule has 1 aliphatic heterocycles. The van der Waals surface area contributed by atoms with E-state index in [9.17, 15) is 4.79 Å². The lowest BCUT2D eigenvalue weighted by Crippen LogP contribution is -2.09. The van der Waals surface area contributed by atoms with E-state index in [1.54, 1.807) is 31.4 Å². The van der Waals surface area contributed by atoms with E-state index in [0.717, 1.165) is 23.3 Å². The Kier molecular flexibility index (Phi) is 6.26. The van der Waals surface area contributed by atoms with Crippen LogP contribution < -0.4 is 19.9 Å². The van der Waals surface area contributed by atoms with Crippen LogP contribution in [-0.4, -0.2) is 31.4 Å². The number of methoxy groups -OCH3 is 1. The van der Waals surface area contributed by atoms with Gasteiger partial charge in [0.2, 0.25) is 0 Å². The van der Waals surface area contributed by atoms with E-state index in [0.29, 0.717) is 34.5 Å². The van der Waals surface area contributed by atoms with Crippen LogP contribution in [0.1, 0.15) is 5.56 Å². The van der Waals surface area contributed by atoms with Gasteiger partial charge in [-0.3, -0.25) is 4.79 Å². The Labute approximate surface area is 166 Å². The average molecular weight is 405 g/mol. The second-order valence-corrected chi connectivity index (χ2v) is 6.92. The van der Waals surface area contributed by atoms with Crippen LogP contribution in [0.5, 0.6) is 17.2 Å². The van der Waals surface area contributed by atoms with Gasteiger partial charge in [0, 0.05) is 10.6 Å². The molecular weight excluding hydrogens is 388 g/mol. The number of aliphatic imine (C=N–C) groups is 1. The number of nitrogens with zero attached hydrogens (tertiary/aromatic N) is 1. The minimum Gasteiger partial charge on any atom is -0.497 e. The fourth-order valence-electron chi connectivity index (χ4n) is 2.31. The summed E-state index contributed by atoms with van der Waals surface area (Å²) in [4.78, 5) is 15.9. The highest BCUT2D eigenvalue weighted by Crippen LogP contribution is 2.31. The molecule has 1 aliphatic rings. The number of amides is 1. The molecule has 1 heterocycles. The summed E-state index contributed by atoms with van der Waals surface area (Å²) in [5.74, 6) is 1.70. The molecular formula is C19H17ClN2O4S. The van der Waals surface area contributed by atoms with Gasteiger partial charge in [-0.25, -0.2) is 0 Å². The van der Waals surface area contributed by atoms with Gasteiger partial charge in [-0.2, -0.15) is 4.99 Å². The van der Waals surface area contributed by atoms with Crippen molar-refractivity contribution in [1.82, 2.24) is 0 Å². The summed E-state index contributed by atoms with van der Waals surface area (Å²) in [5.41, 5.74) is 6.25. The highest BCUT2D eigenvalue weighted by Gasteiger charge is 2.20. The Balaban J connectivity index is 1.61. The van der Waals surface area contributed by atoms with Crippen molar-refractivity contribution in [2.75, 3.05) is 20.3 Å². The normalized spacial score (nSPS) is 15.0. The van der Waals surface area contributed by atoms with Crippen LogP contribution >= 0.6 is 23.4 Å². The van der Waals surface area contributed by atoms with E-state index < -0.39 is 0 Å².